The van der Waals surface area contributed by atoms with Crippen molar-refractivity contribution in [2.75, 3.05) is 6.54 Å². The van der Waals surface area contributed by atoms with E-state index in [1.165, 1.54) is 12.1 Å². The van der Waals surface area contributed by atoms with Gasteiger partial charge >= 0.3 is 0 Å². The predicted octanol–water partition coefficient (Wildman–Crippen LogP) is 3.79. The van der Waals surface area contributed by atoms with Gasteiger partial charge in [0, 0.05) is 22.2 Å². The summed E-state index contributed by atoms with van der Waals surface area (Å²) in [5.41, 5.74) is 1.22. The van der Waals surface area contributed by atoms with Crippen LogP contribution in [0.4, 0.5) is 4.39 Å². The van der Waals surface area contributed by atoms with Gasteiger partial charge < -0.3 is 0 Å². The summed E-state index contributed by atoms with van der Waals surface area (Å²) in [5, 5.41) is 0.632. The van der Waals surface area contributed by atoms with Gasteiger partial charge in [-0.25, -0.2) is 17.5 Å². The molecule has 0 heterocycles. The number of halogens is 3. The van der Waals surface area contributed by atoms with Gasteiger partial charge in [0.2, 0.25) is 10.0 Å². The third-order valence-corrected chi connectivity index (χ3v) is 5.07. The van der Waals surface area contributed by atoms with Crippen LogP contribution in [0.5, 0.6) is 0 Å². The van der Waals surface area contributed by atoms with Gasteiger partial charge in [0.25, 0.3) is 0 Å². The minimum absolute atomic E-state index is 0.218. The van der Waals surface area contributed by atoms with Crippen LogP contribution in [0, 0.1) is 5.82 Å². The van der Waals surface area contributed by atoms with E-state index in [0.717, 1.165) is 5.56 Å². The van der Waals surface area contributed by atoms with Crippen LogP contribution in [-0.4, -0.2) is 15.0 Å². The molecule has 0 amide bonds. The van der Waals surface area contributed by atoms with E-state index in [4.69, 9.17) is 23.2 Å². The minimum Gasteiger partial charge on any atom is -0.215 e. The predicted molar refractivity (Wildman–Crippen MR) is 87.2 cm³/mol. The number of hydrogen-bond donors (Lipinski definition) is 1. The van der Waals surface area contributed by atoms with E-state index in [9.17, 15) is 12.8 Å². The molecule has 118 valence electrons. The Morgan fingerprint density at radius 2 is 1.59 bits per heavy atom. The number of nitrogens with one attached hydrogen (secondary N) is 1. The third kappa shape index (κ3) is 4.95. The highest BCUT2D eigenvalue weighted by molar-refractivity contribution is 7.88. The van der Waals surface area contributed by atoms with Gasteiger partial charge in [-0.05, 0) is 36.2 Å². The second-order valence-corrected chi connectivity index (χ2v) is 7.35. The monoisotopic (exact) mass is 361 g/mol. The highest BCUT2D eigenvalue weighted by Crippen LogP contribution is 2.25. The number of benzene rings is 2. The first-order valence-corrected chi connectivity index (χ1v) is 8.93. The molecule has 0 spiro atoms. The van der Waals surface area contributed by atoms with Crippen molar-refractivity contribution in [3.8, 4) is 0 Å². The molecule has 0 aliphatic rings. The normalized spacial score (nSPS) is 11.6. The Balaban J connectivity index is 1.95. The van der Waals surface area contributed by atoms with Crippen molar-refractivity contribution in [1.82, 2.24) is 4.72 Å². The van der Waals surface area contributed by atoms with Crippen LogP contribution < -0.4 is 4.72 Å². The molecule has 3 nitrogen and oxygen atoms in total. The van der Waals surface area contributed by atoms with E-state index in [1.807, 2.05) is 0 Å². The molecule has 2 aromatic rings. The fourth-order valence-electron chi connectivity index (χ4n) is 1.91. The van der Waals surface area contributed by atoms with Gasteiger partial charge in [0.15, 0.2) is 0 Å². The smallest absolute Gasteiger partial charge is 0.215 e. The molecule has 0 saturated heterocycles. The molecule has 0 bridgehead atoms. The van der Waals surface area contributed by atoms with Crippen molar-refractivity contribution in [3.63, 3.8) is 0 Å². The standard InChI is InChI=1S/C15H14Cl2FNO2S/c16-14-2-1-3-15(17)13(14)10-22(20,21)19-9-8-11-4-6-12(18)7-5-11/h1-7,19H,8-10H2. The van der Waals surface area contributed by atoms with Crippen molar-refractivity contribution in [2.45, 2.75) is 12.2 Å². The van der Waals surface area contributed by atoms with Crippen LogP contribution in [0.2, 0.25) is 10.0 Å². The van der Waals surface area contributed by atoms with Crippen LogP contribution in [0.3, 0.4) is 0 Å². The minimum atomic E-state index is -3.55. The van der Waals surface area contributed by atoms with Crippen LogP contribution in [0.1, 0.15) is 11.1 Å². The molecule has 0 fully saturated rings. The first-order valence-electron chi connectivity index (χ1n) is 6.52. The van der Waals surface area contributed by atoms with Gasteiger partial charge in [0.05, 0.1) is 5.75 Å². The second kappa shape index (κ2) is 7.42. The van der Waals surface area contributed by atoms with E-state index >= 15 is 0 Å². The Morgan fingerprint density at radius 1 is 1.00 bits per heavy atom. The first kappa shape index (κ1) is 17.2. The summed E-state index contributed by atoms with van der Waals surface area (Å²) in [6.45, 7) is 0.218. The molecule has 0 radical (unpaired) electrons. The van der Waals surface area contributed by atoms with Crippen molar-refractivity contribution < 1.29 is 12.8 Å². The van der Waals surface area contributed by atoms with E-state index in [2.05, 4.69) is 4.72 Å². The molecule has 1 N–H and O–H groups in total. The summed E-state index contributed by atoms with van der Waals surface area (Å²) in [4.78, 5) is 0. The van der Waals surface area contributed by atoms with Crippen LogP contribution in [0.25, 0.3) is 0 Å². The maximum Gasteiger partial charge on any atom is 0.215 e. The Hall–Kier alpha value is -1.14. The van der Waals surface area contributed by atoms with Crippen molar-refractivity contribution in [3.05, 3.63) is 69.5 Å². The van der Waals surface area contributed by atoms with Crippen LogP contribution in [-0.2, 0) is 22.2 Å². The fourth-order valence-corrected chi connectivity index (χ4v) is 3.81. The Labute approximate surface area is 139 Å². The molecule has 22 heavy (non-hydrogen) atoms. The summed E-state index contributed by atoms with van der Waals surface area (Å²) < 4.78 is 39.4. The zero-order valence-corrected chi connectivity index (χ0v) is 13.8. The van der Waals surface area contributed by atoms with Gasteiger partial charge in [-0.1, -0.05) is 41.4 Å². The van der Waals surface area contributed by atoms with E-state index in [1.54, 1.807) is 30.3 Å². The molecule has 0 aromatic heterocycles. The maximum absolute atomic E-state index is 12.8. The van der Waals surface area contributed by atoms with Gasteiger partial charge in [0.1, 0.15) is 5.82 Å². The zero-order chi connectivity index (χ0) is 16.2. The van der Waals surface area contributed by atoms with Gasteiger partial charge in [-0.15, -0.1) is 0 Å². The molecular weight excluding hydrogens is 348 g/mol. The summed E-state index contributed by atoms with van der Waals surface area (Å²) in [5.74, 6) is -0.604. The maximum atomic E-state index is 12.8. The Bertz CT molecular complexity index is 728. The molecule has 0 unspecified atom stereocenters. The lowest BCUT2D eigenvalue weighted by molar-refractivity contribution is 0.580. The van der Waals surface area contributed by atoms with Gasteiger partial charge in [-0.2, -0.15) is 0 Å². The highest BCUT2D eigenvalue weighted by Gasteiger charge is 2.16. The Kier molecular flexibility index (Phi) is 5.81. The van der Waals surface area contributed by atoms with Crippen LogP contribution in [0.15, 0.2) is 42.5 Å². The summed E-state index contributed by atoms with van der Waals surface area (Å²) in [7, 11) is -3.55. The summed E-state index contributed by atoms with van der Waals surface area (Å²) >= 11 is 11.9. The lowest BCUT2D eigenvalue weighted by atomic mass is 10.1. The fraction of sp³-hybridized carbons (Fsp3) is 0.200. The van der Waals surface area contributed by atoms with Gasteiger partial charge in [-0.3, -0.25) is 0 Å². The molecule has 0 aliphatic carbocycles. The summed E-state index contributed by atoms with van der Waals surface area (Å²) in [6.07, 6.45) is 0.468. The molecule has 0 aliphatic heterocycles. The first-order chi connectivity index (χ1) is 10.4. The molecule has 2 aromatic carbocycles. The molecule has 0 saturated carbocycles. The largest absolute Gasteiger partial charge is 0.215 e. The Morgan fingerprint density at radius 3 is 2.18 bits per heavy atom. The molecule has 0 atom stereocenters. The van der Waals surface area contributed by atoms with Crippen molar-refractivity contribution in [1.29, 1.82) is 0 Å². The van der Waals surface area contributed by atoms with E-state index < -0.39 is 10.0 Å². The molecular formula is C15H14Cl2FNO2S. The topological polar surface area (TPSA) is 46.2 Å². The highest BCUT2D eigenvalue weighted by atomic mass is 35.5. The zero-order valence-electron chi connectivity index (χ0n) is 11.5. The average molecular weight is 362 g/mol. The van der Waals surface area contributed by atoms with E-state index in [0.29, 0.717) is 22.0 Å². The van der Waals surface area contributed by atoms with E-state index in [-0.39, 0.29) is 18.1 Å². The lowest BCUT2D eigenvalue weighted by Gasteiger charge is -2.09. The third-order valence-electron chi connectivity index (χ3n) is 3.04. The lowest BCUT2D eigenvalue weighted by Crippen LogP contribution is -2.27. The number of hydrogen-bond acceptors (Lipinski definition) is 2. The van der Waals surface area contributed by atoms with Crippen molar-refractivity contribution in [2.24, 2.45) is 0 Å². The summed E-state index contributed by atoms with van der Waals surface area (Å²) in [6, 6.07) is 10.8. The molecule has 7 heteroatoms. The SMILES string of the molecule is O=S(=O)(Cc1c(Cl)cccc1Cl)NCCc1ccc(F)cc1. The number of rotatable bonds is 6. The quantitative estimate of drug-likeness (QED) is 0.850. The molecule has 2 rings (SSSR count). The number of sulfonamides is 1. The second-order valence-electron chi connectivity index (χ2n) is 4.73. The van der Waals surface area contributed by atoms with Crippen molar-refractivity contribution >= 4 is 33.2 Å². The van der Waals surface area contributed by atoms with Crippen LogP contribution >= 0.6 is 23.2 Å². The average Bonchev–Trinajstić information content (AvgIpc) is 2.45.